The third kappa shape index (κ3) is 4.38. The molecule has 150 valence electrons. The Bertz CT molecular complexity index is 1180. The van der Waals surface area contributed by atoms with Crippen molar-refractivity contribution in [3.63, 3.8) is 0 Å². The SMILES string of the molecule is Cc1ccc(F)c(NC(=O)c2ccccc2SCc2nnnn2-c2ccccc2)c1. The van der Waals surface area contributed by atoms with Crippen molar-refractivity contribution in [2.24, 2.45) is 0 Å². The van der Waals surface area contributed by atoms with Crippen molar-refractivity contribution in [1.29, 1.82) is 0 Å². The molecule has 0 saturated carbocycles. The summed E-state index contributed by atoms with van der Waals surface area (Å²) in [5.74, 6) is 0.280. The minimum atomic E-state index is -0.471. The summed E-state index contributed by atoms with van der Waals surface area (Å²) >= 11 is 1.44. The summed E-state index contributed by atoms with van der Waals surface area (Å²) in [5.41, 5.74) is 2.34. The predicted octanol–water partition coefficient (Wildman–Crippen LogP) is 4.65. The Morgan fingerprint density at radius 2 is 1.83 bits per heavy atom. The lowest BCUT2D eigenvalue weighted by atomic mass is 10.2. The van der Waals surface area contributed by atoms with Gasteiger partial charge in [0.2, 0.25) is 0 Å². The van der Waals surface area contributed by atoms with Crippen LogP contribution >= 0.6 is 11.8 Å². The number of hydrogen-bond donors (Lipinski definition) is 1. The molecule has 4 rings (SSSR count). The molecule has 1 N–H and O–H groups in total. The molecule has 0 aliphatic rings. The molecular formula is C22H18FN5OS. The minimum absolute atomic E-state index is 0.160. The van der Waals surface area contributed by atoms with E-state index in [1.807, 2.05) is 49.4 Å². The number of amides is 1. The van der Waals surface area contributed by atoms with Crippen LogP contribution < -0.4 is 5.32 Å². The summed E-state index contributed by atoms with van der Waals surface area (Å²) in [7, 11) is 0. The van der Waals surface area contributed by atoms with E-state index in [1.54, 1.807) is 28.9 Å². The van der Waals surface area contributed by atoms with Crippen LogP contribution in [0.5, 0.6) is 0 Å². The van der Waals surface area contributed by atoms with Gasteiger partial charge in [0.1, 0.15) is 5.82 Å². The van der Waals surface area contributed by atoms with E-state index in [9.17, 15) is 9.18 Å². The number of tetrazole rings is 1. The highest BCUT2D eigenvalue weighted by molar-refractivity contribution is 7.98. The van der Waals surface area contributed by atoms with E-state index in [0.29, 0.717) is 17.1 Å². The Labute approximate surface area is 177 Å². The molecular weight excluding hydrogens is 401 g/mol. The topological polar surface area (TPSA) is 72.7 Å². The second-order valence-corrected chi connectivity index (χ2v) is 7.58. The van der Waals surface area contributed by atoms with Crippen LogP contribution in [0.4, 0.5) is 10.1 Å². The Balaban J connectivity index is 1.53. The molecule has 1 aromatic heterocycles. The Kier molecular flexibility index (Phi) is 5.85. The summed E-state index contributed by atoms with van der Waals surface area (Å²) in [5, 5.41) is 14.6. The molecule has 0 saturated heterocycles. The quantitative estimate of drug-likeness (QED) is 0.461. The molecule has 0 fully saturated rings. The van der Waals surface area contributed by atoms with Crippen LogP contribution in [-0.2, 0) is 5.75 Å². The Hall–Kier alpha value is -3.52. The number of aryl methyl sites for hydroxylation is 1. The molecule has 0 atom stereocenters. The fourth-order valence-electron chi connectivity index (χ4n) is 2.91. The average Bonchev–Trinajstić information content (AvgIpc) is 3.24. The number of nitrogens with zero attached hydrogens (tertiary/aromatic N) is 4. The van der Waals surface area contributed by atoms with E-state index in [4.69, 9.17) is 0 Å². The van der Waals surface area contributed by atoms with Gasteiger partial charge in [0, 0.05) is 4.90 Å². The van der Waals surface area contributed by atoms with Gasteiger partial charge in [-0.05, 0) is 59.3 Å². The van der Waals surface area contributed by atoms with Crippen LogP contribution in [0.15, 0.2) is 77.7 Å². The number of thioether (sulfide) groups is 1. The number of aromatic nitrogens is 4. The summed E-state index contributed by atoms with van der Waals surface area (Å²) in [4.78, 5) is 13.6. The number of hydrogen-bond acceptors (Lipinski definition) is 5. The van der Waals surface area contributed by atoms with Gasteiger partial charge in [-0.25, -0.2) is 4.39 Å². The van der Waals surface area contributed by atoms with Crippen LogP contribution in [0.2, 0.25) is 0 Å². The van der Waals surface area contributed by atoms with Gasteiger partial charge in [0.25, 0.3) is 5.91 Å². The fraction of sp³-hybridized carbons (Fsp3) is 0.0909. The van der Waals surface area contributed by atoms with Crippen molar-refractivity contribution < 1.29 is 9.18 Å². The van der Waals surface area contributed by atoms with Crippen molar-refractivity contribution in [3.8, 4) is 5.69 Å². The molecule has 0 unspecified atom stereocenters. The number of para-hydroxylation sites is 1. The first-order valence-corrected chi connectivity index (χ1v) is 10.2. The molecule has 1 heterocycles. The van der Waals surface area contributed by atoms with E-state index < -0.39 is 5.82 Å². The van der Waals surface area contributed by atoms with Gasteiger partial charge in [-0.2, -0.15) is 4.68 Å². The van der Waals surface area contributed by atoms with Gasteiger partial charge in [0.15, 0.2) is 5.82 Å². The third-order valence-corrected chi connectivity index (χ3v) is 5.46. The van der Waals surface area contributed by atoms with E-state index in [1.165, 1.54) is 17.8 Å². The number of benzene rings is 3. The van der Waals surface area contributed by atoms with Crippen LogP contribution in [-0.4, -0.2) is 26.1 Å². The smallest absolute Gasteiger partial charge is 0.256 e. The zero-order valence-corrected chi connectivity index (χ0v) is 16.9. The molecule has 0 bridgehead atoms. The lowest BCUT2D eigenvalue weighted by molar-refractivity contribution is 0.102. The van der Waals surface area contributed by atoms with Gasteiger partial charge in [-0.1, -0.05) is 36.4 Å². The van der Waals surface area contributed by atoms with Gasteiger partial charge in [0.05, 0.1) is 22.7 Å². The number of rotatable bonds is 6. The highest BCUT2D eigenvalue weighted by Gasteiger charge is 2.15. The second-order valence-electron chi connectivity index (χ2n) is 6.56. The molecule has 3 aromatic carbocycles. The monoisotopic (exact) mass is 419 g/mol. The first-order valence-electron chi connectivity index (χ1n) is 9.24. The Morgan fingerprint density at radius 3 is 2.67 bits per heavy atom. The van der Waals surface area contributed by atoms with Gasteiger partial charge in [-0.3, -0.25) is 4.79 Å². The molecule has 4 aromatic rings. The highest BCUT2D eigenvalue weighted by Crippen LogP contribution is 2.27. The molecule has 0 spiro atoms. The van der Waals surface area contributed by atoms with Crippen LogP contribution in [0.25, 0.3) is 5.69 Å². The molecule has 6 nitrogen and oxygen atoms in total. The van der Waals surface area contributed by atoms with Crippen molar-refractivity contribution >= 4 is 23.4 Å². The zero-order valence-electron chi connectivity index (χ0n) is 16.1. The van der Waals surface area contributed by atoms with Crippen LogP contribution in [0.3, 0.4) is 0 Å². The van der Waals surface area contributed by atoms with Crippen molar-refractivity contribution in [2.75, 3.05) is 5.32 Å². The fourth-order valence-corrected chi connectivity index (χ4v) is 3.87. The number of carbonyl (C=O) groups is 1. The molecule has 0 radical (unpaired) electrons. The molecule has 0 aliphatic carbocycles. The van der Waals surface area contributed by atoms with E-state index >= 15 is 0 Å². The summed E-state index contributed by atoms with van der Waals surface area (Å²) in [6, 6.07) is 21.4. The van der Waals surface area contributed by atoms with E-state index in [0.717, 1.165) is 16.1 Å². The van der Waals surface area contributed by atoms with Crippen molar-refractivity contribution in [2.45, 2.75) is 17.6 Å². The molecule has 8 heteroatoms. The summed E-state index contributed by atoms with van der Waals surface area (Å²) < 4.78 is 15.7. The van der Waals surface area contributed by atoms with Crippen molar-refractivity contribution in [1.82, 2.24) is 20.2 Å². The molecule has 1 amide bonds. The van der Waals surface area contributed by atoms with E-state index in [2.05, 4.69) is 20.8 Å². The van der Waals surface area contributed by atoms with Crippen molar-refractivity contribution in [3.05, 3.63) is 95.6 Å². The van der Waals surface area contributed by atoms with Gasteiger partial charge >= 0.3 is 0 Å². The number of nitrogens with one attached hydrogen (secondary N) is 1. The van der Waals surface area contributed by atoms with Crippen LogP contribution in [0, 0.1) is 12.7 Å². The maximum atomic E-state index is 14.0. The Morgan fingerprint density at radius 1 is 1.07 bits per heavy atom. The van der Waals surface area contributed by atoms with Gasteiger partial charge < -0.3 is 5.32 Å². The predicted molar refractivity (Wildman–Crippen MR) is 114 cm³/mol. The maximum absolute atomic E-state index is 14.0. The van der Waals surface area contributed by atoms with E-state index in [-0.39, 0.29) is 11.6 Å². The average molecular weight is 419 g/mol. The number of halogens is 1. The molecule has 30 heavy (non-hydrogen) atoms. The lowest BCUT2D eigenvalue weighted by Crippen LogP contribution is -2.14. The lowest BCUT2D eigenvalue weighted by Gasteiger charge is -2.11. The van der Waals surface area contributed by atoms with Crippen LogP contribution in [0.1, 0.15) is 21.7 Å². The number of anilines is 1. The summed E-state index contributed by atoms with van der Waals surface area (Å²) in [6.45, 7) is 1.84. The van der Waals surface area contributed by atoms with Gasteiger partial charge in [-0.15, -0.1) is 16.9 Å². The number of carbonyl (C=O) groups excluding carboxylic acids is 1. The maximum Gasteiger partial charge on any atom is 0.256 e. The normalized spacial score (nSPS) is 10.7. The highest BCUT2D eigenvalue weighted by atomic mass is 32.2. The second kappa shape index (κ2) is 8.87. The first-order chi connectivity index (χ1) is 14.6. The standard InChI is InChI=1S/C22H18FN5OS/c1-15-11-12-18(23)19(13-15)24-22(29)17-9-5-6-10-20(17)30-14-21-25-26-27-28(21)16-7-3-2-4-8-16/h2-13H,14H2,1H3,(H,24,29). The zero-order chi connectivity index (χ0) is 20.9. The first kappa shape index (κ1) is 19.8. The largest absolute Gasteiger partial charge is 0.319 e. The minimum Gasteiger partial charge on any atom is -0.319 e. The summed E-state index contributed by atoms with van der Waals surface area (Å²) in [6.07, 6.45) is 0. The third-order valence-electron chi connectivity index (χ3n) is 4.39. The molecule has 0 aliphatic heterocycles.